The third kappa shape index (κ3) is 5.14. The Hall–Kier alpha value is -3.76. The molecule has 2 fully saturated rings. The van der Waals surface area contributed by atoms with Crippen LogP contribution in [0.2, 0.25) is 0 Å². The van der Waals surface area contributed by atoms with Gasteiger partial charge in [0.25, 0.3) is 5.91 Å². The number of benzene rings is 2. The summed E-state index contributed by atoms with van der Waals surface area (Å²) in [6.45, 7) is 5.18. The van der Waals surface area contributed by atoms with Crippen molar-refractivity contribution in [1.82, 2.24) is 25.2 Å². The van der Waals surface area contributed by atoms with Gasteiger partial charge < -0.3 is 18.9 Å². The van der Waals surface area contributed by atoms with E-state index in [1.54, 1.807) is 19.2 Å². The number of halogens is 1. The molecule has 38 heavy (non-hydrogen) atoms. The maximum absolute atomic E-state index is 14.6. The molecule has 0 spiro atoms. The van der Waals surface area contributed by atoms with E-state index in [2.05, 4.69) is 20.3 Å². The monoisotopic (exact) mass is 519 g/mol. The molecule has 1 N–H and O–H groups in total. The highest BCUT2D eigenvalue weighted by Crippen LogP contribution is 2.33. The Bertz CT molecular complexity index is 1420. The van der Waals surface area contributed by atoms with Gasteiger partial charge in [0.05, 0.1) is 12.1 Å². The smallest absolute Gasteiger partial charge is 0.253 e. The molecule has 9 nitrogen and oxygen atoms in total. The SMILES string of the molecule is COCCOc1cc2[nH]nc(-c3cc(-c4ccc(C(=O)N5CCN(CC6CC6)CC5)cc4)no3)c2cc1F. The van der Waals surface area contributed by atoms with Crippen LogP contribution in [0.15, 0.2) is 47.0 Å². The van der Waals surface area contributed by atoms with Gasteiger partial charge in [0, 0.05) is 68.5 Å². The topological polar surface area (TPSA) is 96.7 Å². The van der Waals surface area contributed by atoms with Crippen LogP contribution in [0.1, 0.15) is 23.2 Å². The van der Waals surface area contributed by atoms with Crippen LogP contribution in [-0.2, 0) is 4.74 Å². The third-order valence-electron chi connectivity index (χ3n) is 7.20. The molecule has 1 saturated carbocycles. The predicted octanol–water partition coefficient (Wildman–Crippen LogP) is 4.22. The number of hydrogen-bond donors (Lipinski definition) is 1. The molecule has 3 heterocycles. The normalized spacial score (nSPS) is 16.3. The van der Waals surface area contributed by atoms with Crippen LogP contribution in [0.3, 0.4) is 0 Å². The fourth-order valence-electron chi connectivity index (χ4n) is 4.84. The first kappa shape index (κ1) is 24.6. The summed E-state index contributed by atoms with van der Waals surface area (Å²) >= 11 is 0. The minimum Gasteiger partial charge on any atom is -0.488 e. The van der Waals surface area contributed by atoms with E-state index in [-0.39, 0.29) is 18.3 Å². The van der Waals surface area contributed by atoms with E-state index in [1.165, 1.54) is 25.5 Å². The third-order valence-corrected chi connectivity index (χ3v) is 7.20. The van der Waals surface area contributed by atoms with E-state index in [4.69, 9.17) is 14.0 Å². The second kappa shape index (κ2) is 10.5. The molecule has 2 aromatic heterocycles. The van der Waals surface area contributed by atoms with Crippen LogP contribution in [0.25, 0.3) is 33.6 Å². The summed E-state index contributed by atoms with van der Waals surface area (Å²) in [7, 11) is 1.56. The van der Waals surface area contributed by atoms with E-state index >= 15 is 0 Å². The van der Waals surface area contributed by atoms with Crippen LogP contribution in [0, 0.1) is 11.7 Å². The molecule has 1 amide bonds. The van der Waals surface area contributed by atoms with Crippen molar-refractivity contribution in [3.63, 3.8) is 0 Å². The summed E-state index contributed by atoms with van der Waals surface area (Å²) in [6.07, 6.45) is 2.70. The van der Waals surface area contributed by atoms with Gasteiger partial charge in [-0.3, -0.25) is 14.8 Å². The van der Waals surface area contributed by atoms with Crippen molar-refractivity contribution in [2.75, 3.05) is 53.0 Å². The predicted molar refractivity (Wildman–Crippen MR) is 139 cm³/mol. The Balaban J connectivity index is 1.13. The number of methoxy groups -OCH3 is 1. The lowest BCUT2D eigenvalue weighted by atomic mass is 10.1. The number of aromatic nitrogens is 3. The van der Waals surface area contributed by atoms with E-state index in [0.717, 1.165) is 37.7 Å². The summed E-state index contributed by atoms with van der Waals surface area (Å²) in [4.78, 5) is 17.4. The zero-order chi connectivity index (χ0) is 26.1. The number of carbonyl (C=O) groups is 1. The summed E-state index contributed by atoms with van der Waals surface area (Å²) in [5, 5.41) is 11.9. The van der Waals surface area contributed by atoms with E-state index in [1.807, 2.05) is 29.2 Å². The Labute approximate surface area is 219 Å². The second-order valence-electron chi connectivity index (χ2n) is 9.93. The minimum absolute atomic E-state index is 0.0547. The molecule has 0 atom stereocenters. The quantitative estimate of drug-likeness (QED) is 0.331. The van der Waals surface area contributed by atoms with Crippen LogP contribution >= 0.6 is 0 Å². The number of nitrogens with one attached hydrogen (secondary N) is 1. The molecule has 2 aliphatic rings. The van der Waals surface area contributed by atoms with Crippen molar-refractivity contribution < 1.29 is 23.2 Å². The number of hydrogen-bond acceptors (Lipinski definition) is 7. The number of nitrogens with zero attached hydrogens (tertiary/aromatic N) is 4. The Morgan fingerprint density at radius 3 is 2.63 bits per heavy atom. The first-order valence-electron chi connectivity index (χ1n) is 13.0. The van der Waals surface area contributed by atoms with Gasteiger partial charge in [0.15, 0.2) is 17.3 Å². The molecule has 1 aliphatic carbocycles. The van der Waals surface area contributed by atoms with Crippen molar-refractivity contribution in [2.45, 2.75) is 12.8 Å². The molecule has 1 saturated heterocycles. The lowest BCUT2D eigenvalue weighted by molar-refractivity contribution is 0.0632. The van der Waals surface area contributed by atoms with Crippen molar-refractivity contribution in [3.8, 4) is 28.5 Å². The average Bonchev–Trinajstić information content (AvgIpc) is 3.46. The van der Waals surface area contributed by atoms with Gasteiger partial charge in [-0.25, -0.2) is 4.39 Å². The van der Waals surface area contributed by atoms with Crippen molar-refractivity contribution in [2.24, 2.45) is 5.92 Å². The van der Waals surface area contributed by atoms with E-state index in [9.17, 15) is 9.18 Å². The molecule has 198 valence electrons. The van der Waals surface area contributed by atoms with Gasteiger partial charge in [-0.05, 0) is 37.0 Å². The van der Waals surface area contributed by atoms with Crippen LogP contribution in [0.4, 0.5) is 4.39 Å². The van der Waals surface area contributed by atoms with Gasteiger partial charge in [0.2, 0.25) is 0 Å². The van der Waals surface area contributed by atoms with E-state index in [0.29, 0.717) is 40.2 Å². The lowest BCUT2D eigenvalue weighted by Gasteiger charge is -2.34. The van der Waals surface area contributed by atoms with Crippen LogP contribution in [0.5, 0.6) is 5.75 Å². The standard InChI is InChI=1S/C28H30FN5O4/c1-36-12-13-37-25-16-24-21(14-22(25)29)27(31-30-24)26-15-23(32-38-26)19-4-6-20(7-5-19)28(35)34-10-8-33(9-11-34)17-18-2-3-18/h4-7,14-16,18H,2-3,8-13,17H2,1H3,(H,30,31). The number of aromatic amines is 1. The zero-order valence-corrected chi connectivity index (χ0v) is 21.3. The highest BCUT2D eigenvalue weighted by molar-refractivity contribution is 5.95. The summed E-state index contributed by atoms with van der Waals surface area (Å²) in [5.41, 5.74) is 3.14. The summed E-state index contributed by atoms with van der Waals surface area (Å²) in [6, 6.07) is 12.1. The lowest BCUT2D eigenvalue weighted by Crippen LogP contribution is -2.49. The highest BCUT2D eigenvalue weighted by atomic mass is 19.1. The molecular formula is C28H30FN5O4. The number of rotatable bonds is 9. The number of piperazine rings is 1. The van der Waals surface area contributed by atoms with Gasteiger partial charge in [-0.1, -0.05) is 17.3 Å². The maximum atomic E-state index is 14.6. The number of ether oxygens (including phenoxy) is 2. The highest BCUT2D eigenvalue weighted by Gasteiger charge is 2.28. The minimum atomic E-state index is -0.499. The van der Waals surface area contributed by atoms with Crippen LogP contribution in [-0.4, -0.2) is 84.1 Å². The van der Waals surface area contributed by atoms with Crippen molar-refractivity contribution in [3.05, 3.63) is 53.8 Å². The van der Waals surface area contributed by atoms with Crippen LogP contribution < -0.4 is 4.74 Å². The number of H-pyrrole nitrogens is 1. The molecule has 6 rings (SSSR count). The van der Waals surface area contributed by atoms with Gasteiger partial charge in [-0.15, -0.1) is 0 Å². The number of carbonyl (C=O) groups excluding carboxylic acids is 1. The fourth-order valence-corrected chi connectivity index (χ4v) is 4.84. The zero-order valence-electron chi connectivity index (χ0n) is 21.3. The van der Waals surface area contributed by atoms with Gasteiger partial charge >= 0.3 is 0 Å². The maximum Gasteiger partial charge on any atom is 0.253 e. The number of amides is 1. The second-order valence-corrected chi connectivity index (χ2v) is 9.93. The molecule has 2 aromatic carbocycles. The van der Waals surface area contributed by atoms with E-state index < -0.39 is 5.82 Å². The molecule has 0 unspecified atom stereocenters. The first-order valence-corrected chi connectivity index (χ1v) is 13.0. The Morgan fingerprint density at radius 2 is 1.89 bits per heavy atom. The molecule has 4 aromatic rings. The van der Waals surface area contributed by atoms with Gasteiger partial charge in [-0.2, -0.15) is 5.10 Å². The van der Waals surface area contributed by atoms with Crippen molar-refractivity contribution in [1.29, 1.82) is 0 Å². The first-order chi connectivity index (χ1) is 18.6. The Kier molecular flexibility index (Phi) is 6.82. The molecule has 1 aliphatic heterocycles. The largest absolute Gasteiger partial charge is 0.488 e. The summed E-state index contributed by atoms with van der Waals surface area (Å²) in [5.74, 6) is 0.953. The summed E-state index contributed by atoms with van der Waals surface area (Å²) < 4.78 is 30.5. The fraction of sp³-hybridized carbons (Fsp3) is 0.393. The number of fused-ring (bicyclic) bond motifs is 1. The molecular weight excluding hydrogens is 489 g/mol. The molecule has 0 bridgehead atoms. The average molecular weight is 520 g/mol. The van der Waals surface area contributed by atoms with Crippen molar-refractivity contribution >= 4 is 16.8 Å². The van der Waals surface area contributed by atoms with Gasteiger partial charge in [0.1, 0.15) is 18.0 Å². The molecule has 0 radical (unpaired) electrons. The Morgan fingerprint density at radius 1 is 1.11 bits per heavy atom. The molecule has 10 heteroatoms.